The highest BCUT2D eigenvalue weighted by Crippen LogP contribution is 2.31. The highest BCUT2D eigenvalue weighted by molar-refractivity contribution is 6.18. The summed E-state index contributed by atoms with van der Waals surface area (Å²) in [6.45, 7) is 1.89. The van der Waals surface area contributed by atoms with Gasteiger partial charge in [0.05, 0.1) is 25.2 Å². The molecule has 2 atom stereocenters. The summed E-state index contributed by atoms with van der Waals surface area (Å²) in [6.07, 6.45) is 0.888. The molecule has 2 unspecified atom stereocenters. The Labute approximate surface area is 70.6 Å². The number of rotatable bonds is 1. The Morgan fingerprint density at radius 1 is 1.55 bits per heavy atom. The van der Waals surface area contributed by atoms with E-state index in [0.717, 1.165) is 13.0 Å². The molecule has 2 saturated heterocycles. The number of ether oxygens (including phenoxy) is 3. The van der Waals surface area contributed by atoms with E-state index in [2.05, 4.69) is 0 Å². The SMILES string of the molecule is ClCC1COC2(CCOC2)O1. The molecule has 0 aromatic rings. The summed E-state index contributed by atoms with van der Waals surface area (Å²) in [5.74, 6) is 0.0569. The first kappa shape index (κ1) is 7.80. The average Bonchev–Trinajstić information content (AvgIpc) is 2.62. The maximum atomic E-state index is 5.62. The Hall–Kier alpha value is 0.170. The lowest BCUT2D eigenvalue weighted by Crippen LogP contribution is -2.31. The van der Waals surface area contributed by atoms with Gasteiger partial charge in [0.25, 0.3) is 0 Å². The Morgan fingerprint density at radius 3 is 3.00 bits per heavy atom. The Kier molecular flexibility index (Phi) is 2.06. The predicted octanol–water partition coefficient (Wildman–Crippen LogP) is 0.757. The van der Waals surface area contributed by atoms with Crippen LogP contribution in [0.15, 0.2) is 0 Å². The van der Waals surface area contributed by atoms with Crippen molar-refractivity contribution in [3.63, 3.8) is 0 Å². The Balaban J connectivity index is 1.96. The van der Waals surface area contributed by atoms with Gasteiger partial charge in [0, 0.05) is 6.42 Å². The molecular weight excluding hydrogens is 168 g/mol. The van der Waals surface area contributed by atoms with Gasteiger partial charge in [-0.15, -0.1) is 11.6 Å². The van der Waals surface area contributed by atoms with Crippen LogP contribution in [0, 0.1) is 0 Å². The molecule has 0 aromatic heterocycles. The lowest BCUT2D eigenvalue weighted by Gasteiger charge is -2.19. The molecule has 64 valence electrons. The third-order valence-corrected chi connectivity index (χ3v) is 2.38. The van der Waals surface area contributed by atoms with Crippen molar-refractivity contribution in [2.75, 3.05) is 25.7 Å². The van der Waals surface area contributed by atoms with Crippen molar-refractivity contribution in [2.24, 2.45) is 0 Å². The van der Waals surface area contributed by atoms with E-state index in [9.17, 15) is 0 Å². The zero-order valence-electron chi connectivity index (χ0n) is 6.22. The van der Waals surface area contributed by atoms with Crippen LogP contribution in [0.25, 0.3) is 0 Å². The first-order valence-electron chi connectivity index (χ1n) is 3.80. The minimum atomic E-state index is -0.445. The van der Waals surface area contributed by atoms with Gasteiger partial charge in [-0.05, 0) is 0 Å². The summed E-state index contributed by atoms with van der Waals surface area (Å²) < 4.78 is 16.2. The zero-order valence-corrected chi connectivity index (χ0v) is 6.97. The lowest BCUT2D eigenvalue weighted by atomic mass is 10.2. The van der Waals surface area contributed by atoms with E-state index in [1.165, 1.54) is 0 Å². The van der Waals surface area contributed by atoms with Crippen molar-refractivity contribution in [2.45, 2.75) is 18.3 Å². The minimum absolute atomic E-state index is 0.0540. The summed E-state index contributed by atoms with van der Waals surface area (Å²) in [7, 11) is 0. The molecule has 0 radical (unpaired) electrons. The van der Waals surface area contributed by atoms with Crippen LogP contribution >= 0.6 is 11.6 Å². The minimum Gasteiger partial charge on any atom is -0.376 e. The largest absolute Gasteiger partial charge is 0.376 e. The maximum Gasteiger partial charge on any atom is 0.194 e. The van der Waals surface area contributed by atoms with Crippen LogP contribution in [-0.2, 0) is 14.2 Å². The molecule has 2 aliphatic rings. The third-order valence-electron chi connectivity index (χ3n) is 2.04. The van der Waals surface area contributed by atoms with Crippen molar-refractivity contribution in [1.29, 1.82) is 0 Å². The van der Waals surface area contributed by atoms with E-state index in [4.69, 9.17) is 25.8 Å². The summed E-state index contributed by atoms with van der Waals surface area (Å²) in [5.41, 5.74) is 0. The number of alkyl halides is 1. The first-order chi connectivity index (χ1) is 5.35. The summed E-state index contributed by atoms with van der Waals surface area (Å²) in [4.78, 5) is 0. The van der Waals surface area contributed by atoms with Crippen molar-refractivity contribution in [3.05, 3.63) is 0 Å². The molecule has 0 aromatic carbocycles. The van der Waals surface area contributed by atoms with E-state index in [-0.39, 0.29) is 6.10 Å². The molecule has 0 amide bonds. The highest BCUT2D eigenvalue weighted by atomic mass is 35.5. The van der Waals surface area contributed by atoms with E-state index in [1.54, 1.807) is 0 Å². The summed E-state index contributed by atoms with van der Waals surface area (Å²) in [5, 5.41) is 0. The molecule has 0 aliphatic carbocycles. The van der Waals surface area contributed by atoms with Crippen LogP contribution in [0.5, 0.6) is 0 Å². The number of hydrogen-bond acceptors (Lipinski definition) is 3. The fourth-order valence-electron chi connectivity index (χ4n) is 1.43. The smallest absolute Gasteiger partial charge is 0.194 e. The standard InChI is InChI=1S/C7H11ClO3/c8-3-6-4-10-7(11-6)1-2-9-5-7/h6H,1-5H2. The lowest BCUT2D eigenvalue weighted by molar-refractivity contribution is -0.162. The topological polar surface area (TPSA) is 27.7 Å². The quantitative estimate of drug-likeness (QED) is 0.555. The monoisotopic (exact) mass is 178 g/mol. The van der Waals surface area contributed by atoms with Crippen LogP contribution in [0.3, 0.4) is 0 Å². The second kappa shape index (κ2) is 2.90. The highest BCUT2D eigenvalue weighted by Gasteiger charge is 2.44. The molecule has 4 heteroatoms. The fourth-order valence-corrected chi connectivity index (χ4v) is 1.58. The van der Waals surface area contributed by atoms with Crippen molar-refractivity contribution >= 4 is 11.6 Å². The van der Waals surface area contributed by atoms with E-state index in [0.29, 0.717) is 19.1 Å². The molecule has 2 heterocycles. The normalized spacial score (nSPS) is 43.9. The van der Waals surface area contributed by atoms with Gasteiger partial charge in [-0.3, -0.25) is 0 Å². The average molecular weight is 179 g/mol. The first-order valence-corrected chi connectivity index (χ1v) is 4.34. The van der Waals surface area contributed by atoms with Gasteiger partial charge in [-0.25, -0.2) is 0 Å². The van der Waals surface area contributed by atoms with Gasteiger partial charge in [0.1, 0.15) is 6.61 Å². The van der Waals surface area contributed by atoms with E-state index in [1.807, 2.05) is 0 Å². The van der Waals surface area contributed by atoms with Crippen LogP contribution in [0.2, 0.25) is 0 Å². The van der Waals surface area contributed by atoms with Crippen LogP contribution in [0.4, 0.5) is 0 Å². The Morgan fingerprint density at radius 2 is 2.45 bits per heavy atom. The van der Waals surface area contributed by atoms with Crippen molar-refractivity contribution in [1.82, 2.24) is 0 Å². The molecule has 0 N–H and O–H groups in total. The number of halogens is 1. The molecule has 2 fully saturated rings. The van der Waals surface area contributed by atoms with Gasteiger partial charge in [-0.2, -0.15) is 0 Å². The van der Waals surface area contributed by atoms with Gasteiger partial charge < -0.3 is 14.2 Å². The van der Waals surface area contributed by atoms with Crippen molar-refractivity contribution < 1.29 is 14.2 Å². The number of hydrogen-bond donors (Lipinski definition) is 0. The van der Waals surface area contributed by atoms with Gasteiger partial charge >= 0.3 is 0 Å². The molecular formula is C7H11ClO3. The van der Waals surface area contributed by atoms with Crippen LogP contribution < -0.4 is 0 Å². The van der Waals surface area contributed by atoms with Gasteiger partial charge in [-0.1, -0.05) is 0 Å². The molecule has 0 saturated carbocycles. The third kappa shape index (κ3) is 1.38. The summed E-state index contributed by atoms with van der Waals surface area (Å²) >= 11 is 5.62. The molecule has 1 spiro atoms. The molecule has 2 aliphatic heterocycles. The molecule has 2 rings (SSSR count). The predicted molar refractivity (Wildman–Crippen MR) is 39.7 cm³/mol. The Bertz CT molecular complexity index is 145. The summed E-state index contributed by atoms with van der Waals surface area (Å²) in [6, 6.07) is 0. The van der Waals surface area contributed by atoms with Crippen molar-refractivity contribution in [3.8, 4) is 0 Å². The van der Waals surface area contributed by atoms with Gasteiger partial charge in [0.15, 0.2) is 5.79 Å². The van der Waals surface area contributed by atoms with Crippen LogP contribution in [-0.4, -0.2) is 37.6 Å². The van der Waals surface area contributed by atoms with Crippen LogP contribution in [0.1, 0.15) is 6.42 Å². The second-order valence-corrected chi connectivity index (χ2v) is 3.23. The second-order valence-electron chi connectivity index (χ2n) is 2.92. The van der Waals surface area contributed by atoms with E-state index < -0.39 is 5.79 Å². The zero-order chi connectivity index (χ0) is 7.73. The maximum absolute atomic E-state index is 5.62. The molecule has 0 bridgehead atoms. The molecule has 11 heavy (non-hydrogen) atoms. The fraction of sp³-hybridized carbons (Fsp3) is 1.00. The molecule has 3 nitrogen and oxygen atoms in total. The van der Waals surface area contributed by atoms with E-state index >= 15 is 0 Å². The van der Waals surface area contributed by atoms with Gasteiger partial charge in [0.2, 0.25) is 0 Å².